The van der Waals surface area contributed by atoms with E-state index < -0.39 is 0 Å². The molecule has 1 aromatic heterocycles. The number of nitrogens with two attached hydrogens (primary N) is 1. The fourth-order valence-electron chi connectivity index (χ4n) is 1.35. The molecule has 0 saturated carbocycles. The Bertz CT molecular complexity index is 461. The summed E-state index contributed by atoms with van der Waals surface area (Å²) in [6.07, 6.45) is 1.59. The van der Waals surface area contributed by atoms with Gasteiger partial charge in [-0.05, 0) is 29.8 Å². The molecule has 5 heteroatoms. The van der Waals surface area contributed by atoms with Gasteiger partial charge < -0.3 is 5.73 Å². The third-order valence-corrected chi connectivity index (χ3v) is 2.22. The van der Waals surface area contributed by atoms with Crippen molar-refractivity contribution >= 4 is 17.4 Å². The van der Waals surface area contributed by atoms with Crippen LogP contribution < -0.4 is 5.73 Å². The van der Waals surface area contributed by atoms with E-state index in [0.29, 0.717) is 17.4 Å². The van der Waals surface area contributed by atoms with Crippen molar-refractivity contribution in [2.75, 3.05) is 5.73 Å². The molecule has 2 aromatic rings. The maximum absolute atomic E-state index is 13.0. The normalized spacial score (nSPS) is 10.5. The van der Waals surface area contributed by atoms with Crippen LogP contribution in [0, 0.1) is 5.82 Å². The van der Waals surface area contributed by atoms with E-state index in [9.17, 15) is 4.39 Å². The Kier molecular flexibility index (Phi) is 2.60. The van der Waals surface area contributed by atoms with Crippen LogP contribution in [0.2, 0.25) is 5.02 Å². The zero-order chi connectivity index (χ0) is 10.8. The first-order valence-corrected chi connectivity index (χ1v) is 4.75. The van der Waals surface area contributed by atoms with Crippen molar-refractivity contribution in [3.05, 3.63) is 46.9 Å². The standard InChI is InChI=1S/C10H9ClFN3/c11-8-3-7(4-9(12)5-8)6-15-10(13)1-2-14-15/h1-5H,6,13H2. The van der Waals surface area contributed by atoms with E-state index in [4.69, 9.17) is 17.3 Å². The Labute approximate surface area is 91.3 Å². The second-order valence-corrected chi connectivity index (χ2v) is 3.63. The minimum Gasteiger partial charge on any atom is -0.384 e. The lowest BCUT2D eigenvalue weighted by Gasteiger charge is -2.04. The Hall–Kier alpha value is -1.55. The van der Waals surface area contributed by atoms with Crippen LogP contribution in [0.1, 0.15) is 5.56 Å². The van der Waals surface area contributed by atoms with E-state index in [1.54, 1.807) is 23.0 Å². The smallest absolute Gasteiger partial charge is 0.125 e. The summed E-state index contributed by atoms with van der Waals surface area (Å²) < 4.78 is 14.6. The number of benzene rings is 1. The summed E-state index contributed by atoms with van der Waals surface area (Å²) in [5.74, 6) is 0.179. The van der Waals surface area contributed by atoms with Gasteiger partial charge in [0.05, 0.1) is 12.7 Å². The van der Waals surface area contributed by atoms with Crippen LogP contribution in [0.5, 0.6) is 0 Å². The topological polar surface area (TPSA) is 43.8 Å². The molecule has 15 heavy (non-hydrogen) atoms. The molecular formula is C10H9ClFN3. The Morgan fingerprint density at radius 2 is 2.20 bits per heavy atom. The first-order chi connectivity index (χ1) is 7.15. The lowest BCUT2D eigenvalue weighted by molar-refractivity contribution is 0.620. The fraction of sp³-hybridized carbons (Fsp3) is 0.100. The van der Waals surface area contributed by atoms with Crippen molar-refractivity contribution in [1.82, 2.24) is 9.78 Å². The average molecular weight is 226 g/mol. The quantitative estimate of drug-likeness (QED) is 0.853. The number of nitrogens with zero attached hydrogens (tertiary/aromatic N) is 2. The molecule has 0 spiro atoms. The summed E-state index contributed by atoms with van der Waals surface area (Å²) in [5.41, 5.74) is 6.37. The predicted molar refractivity (Wildman–Crippen MR) is 57.2 cm³/mol. The number of hydrogen-bond donors (Lipinski definition) is 1. The van der Waals surface area contributed by atoms with Crippen LogP contribution in [0.25, 0.3) is 0 Å². The molecule has 0 aliphatic rings. The highest BCUT2D eigenvalue weighted by Gasteiger charge is 2.02. The molecule has 0 atom stereocenters. The monoisotopic (exact) mass is 225 g/mol. The van der Waals surface area contributed by atoms with E-state index in [1.165, 1.54) is 12.1 Å². The Morgan fingerprint density at radius 3 is 2.80 bits per heavy atom. The van der Waals surface area contributed by atoms with Gasteiger partial charge in [0.1, 0.15) is 11.6 Å². The summed E-state index contributed by atoms with van der Waals surface area (Å²) in [6.45, 7) is 0.413. The molecule has 0 unspecified atom stereocenters. The molecule has 2 rings (SSSR count). The van der Waals surface area contributed by atoms with Crippen molar-refractivity contribution in [1.29, 1.82) is 0 Å². The average Bonchev–Trinajstić information content (AvgIpc) is 2.50. The van der Waals surface area contributed by atoms with Crippen LogP contribution in [-0.2, 0) is 6.54 Å². The molecule has 0 saturated heterocycles. The number of aromatic nitrogens is 2. The zero-order valence-electron chi connectivity index (χ0n) is 7.82. The molecule has 0 amide bonds. The van der Waals surface area contributed by atoms with E-state index in [-0.39, 0.29) is 5.82 Å². The maximum atomic E-state index is 13.0. The predicted octanol–water partition coefficient (Wildman–Crippen LogP) is 2.31. The van der Waals surface area contributed by atoms with E-state index in [0.717, 1.165) is 5.56 Å². The van der Waals surface area contributed by atoms with Gasteiger partial charge in [-0.2, -0.15) is 5.10 Å². The third kappa shape index (κ3) is 2.27. The van der Waals surface area contributed by atoms with Crippen molar-refractivity contribution in [3.8, 4) is 0 Å². The molecule has 1 aromatic carbocycles. The number of halogens is 2. The first-order valence-electron chi connectivity index (χ1n) is 4.37. The molecule has 1 heterocycles. The van der Waals surface area contributed by atoms with Crippen LogP contribution >= 0.6 is 11.6 Å². The van der Waals surface area contributed by atoms with Crippen LogP contribution in [0.3, 0.4) is 0 Å². The summed E-state index contributed by atoms with van der Waals surface area (Å²) in [4.78, 5) is 0. The molecule has 0 aliphatic heterocycles. The highest BCUT2D eigenvalue weighted by Crippen LogP contribution is 2.15. The van der Waals surface area contributed by atoms with Gasteiger partial charge in [0.2, 0.25) is 0 Å². The molecule has 78 valence electrons. The lowest BCUT2D eigenvalue weighted by Crippen LogP contribution is -2.05. The molecule has 3 nitrogen and oxygen atoms in total. The number of hydrogen-bond acceptors (Lipinski definition) is 2. The fourth-order valence-corrected chi connectivity index (χ4v) is 1.59. The van der Waals surface area contributed by atoms with Gasteiger partial charge in [-0.25, -0.2) is 9.07 Å². The van der Waals surface area contributed by atoms with Crippen LogP contribution in [-0.4, -0.2) is 9.78 Å². The largest absolute Gasteiger partial charge is 0.384 e. The molecular weight excluding hydrogens is 217 g/mol. The second kappa shape index (κ2) is 3.90. The lowest BCUT2D eigenvalue weighted by atomic mass is 10.2. The van der Waals surface area contributed by atoms with E-state index in [1.807, 2.05) is 0 Å². The van der Waals surface area contributed by atoms with Gasteiger partial charge in [0, 0.05) is 5.02 Å². The summed E-state index contributed by atoms with van der Waals surface area (Å²) in [7, 11) is 0. The minimum atomic E-state index is -0.358. The zero-order valence-corrected chi connectivity index (χ0v) is 8.58. The van der Waals surface area contributed by atoms with Gasteiger partial charge >= 0.3 is 0 Å². The molecule has 0 fully saturated rings. The summed E-state index contributed by atoms with van der Waals surface area (Å²) in [6, 6.07) is 6.04. The van der Waals surface area contributed by atoms with Gasteiger partial charge in [-0.1, -0.05) is 11.6 Å². The summed E-state index contributed by atoms with van der Waals surface area (Å²) >= 11 is 5.73. The van der Waals surface area contributed by atoms with Crippen molar-refractivity contribution in [2.45, 2.75) is 6.54 Å². The van der Waals surface area contributed by atoms with Gasteiger partial charge in [-0.15, -0.1) is 0 Å². The third-order valence-electron chi connectivity index (χ3n) is 2.00. The van der Waals surface area contributed by atoms with Crippen molar-refractivity contribution < 1.29 is 4.39 Å². The van der Waals surface area contributed by atoms with Crippen LogP contribution in [0.15, 0.2) is 30.5 Å². The van der Waals surface area contributed by atoms with Gasteiger partial charge in [-0.3, -0.25) is 0 Å². The SMILES string of the molecule is Nc1ccnn1Cc1cc(F)cc(Cl)c1. The molecule has 0 radical (unpaired) electrons. The first kappa shape index (κ1) is 9.98. The second-order valence-electron chi connectivity index (χ2n) is 3.19. The number of nitrogen functional groups attached to an aromatic ring is 1. The minimum absolute atomic E-state index is 0.358. The molecule has 0 bridgehead atoms. The van der Waals surface area contributed by atoms with Crippen molar-refractivity contribution in [3.63, 3.8) is 0 Å². The maximum Gasteiger partial charge on any atom is 0.125 e. The highest BCUT2D eigenvalue weighted by atomic mass is 35.5. The van der Waals surface area contributed by atoms with E-state index in [2.05, 4.69) is 5.10 Å². The number of anilines is 1. The van der Waals surface area contributed by atoms with Crippen LogP contribution in [0.4, 0.5) is 10.2 Å². The number of rotatable bonds is 2. The van der Waals surface area contributed by atoms with Gasteiger partial charge in [0.15, 0.2) is 0 Å². The van der Waals surface area contributed by atoms with Gasteiger partial charge in [0.25, 0.3) is 0 Å². The Morgan fingerprint density at radius 1 is 1.40 bits per heavy atom. The molecule has 0 aliphatic carbocycles. The molecule has 2 N–H and O–H groups in total. The Balaban J connectivity index is 2.28. The van der Waals surface area contributed by atoms with Crippen molar-refractivity contribution in [2.24, 2.45) is 0 Å². The van der Waals surface area contributed by atoms with E-state index >= 15 is 0 Å². The summed E-state index contributed by atoms with van der Waals surface area (Å²) in [5, 5.41) is 4.37. The highest BCUT2D eigenvalue weighted by molar-refractivity contribution is 6.30.